The summed E-state index contributed by atoms with van der Waals surface area (Å²) in [6.45, 7) is 0.982. The predicted molar refractivity (Wildman–Crippen MR) is 98.2 cm³/mol. The number of piperidine rings is 1. The number of rotatable bonds is 3. The third kappa shape index (κ3) is 3.77. The first-order valence-electron chi connectivity index (χ1n) is 7.87. The van der Waals surface area contributed by atoms with Crippen molar-refractivity contribution in [2.45, 2.75) is 18.9 Å². The number of likely N-dealkylation sites (tertiary alicyclic amines) is 1. The molecule has 1 fully saturated rings. The molecule has 1 aliphatic heterocycles. The molecule has 0 unspecified atom stereocenters. The standard InChI is InChI=1S/C17H15Cl3N2O4/c18-11-7-12(19)15(23)13(14(11)20)16(24)21-10-1-4-22(5-2-10)17(25)9-3-6-26-8-9/h3,6-8,10,23H,1-2,4-5H2,(H,21,24). The van der Waals surface area contributed by atoms with E-state index in [9.17, 15) is 14.7 Å². The number of nitrogens with zero attached hydrogens (tertiary/aromatic N) is 1. The van der Waals surface area contributed by atoms with Crippen molar-refractivity contribution in [2.24, 2.45) is 0 Å². The molecule has 1 saturated heterocycles. The van der Waals surface area contributed by atoms with Gasteiger partial charge in [0.15, 0.2) is 0 Å². The molecule has 2 amide bonds. The number of amides is 2. The van der Waals surface area contributed by atoms with Crippen molar-refractivity contribution < 1.29 is 19.1 Å². The molecule has 0 radical (unpaired) electrons. The first-order valence-corrected chi connectivity index (χ1v) is 9.00. The number of nitrogens with one attached hydrogen (secondary N) is 1. The zero-order valence-electron chi connectivity index (χ0n) is 13.5. The molecule has 2 N–H and O–H groups in total. The molecule has 0 atom stereocenters. The van der Waals surface area contributed by atoms with Gasteiger partial charge < -0.3 is 19.7 Å². The highest BCUT2D eigenvalue weighted by Crippen LogP contribution is 2.38. The Labute approximate surface area is 164 Å². The topological polar surface area (TPSA) is 82.8 Å². The molecule has 1 aromatic heterocycles. The molecule has 0 spiro atoms. The lowest BCUT2D eigenvalue weighted by Crippen LogP contribution is -2.46. The molecule has 9 heteroatoms. The van der Waals surface area contributed by atoms with E-state index in [1.54, 1.807) is 11.0 Å². The van der Waals surface area contributed by atoms with Crippen molar-refractivity contribution in [2.75, 3.05) is 13.1 Å². The van der Waals surface area contributed by atoms with E-state index in [-0.39, 0.29) is 32.6 Å². The second-order valence-corrected chi connectivity index (χ2v) is 7.12. The van der Waals surface area contributed by atoms with E-state index in [2.05, 4.69) is 5.32 Å². The summed E-state index contributed by atoms with van der Waals surface area (Å²) in [6.07, 6.45) is 4.00. The van der Waals surface area contributed by atoms with Gasteiger partial charge in [0.25, 0.3) is 11.8 Å². The van der Waals surface area contributed by atoms with Crippen molar-refractivity contribution in [3.05, 3.63) is 50.9 Å². The van der Waals surface area contributed by atoms with Crippen LogP contribution in [0.25, 0.3) is 0 Å². The molecular weight excluding hydrogens is 403 g/mol. The maximum Gasteiger partial charge on any atom is 0.257 e. The van der Waals surface area contributed by atoms with Crippen LogP contribution in [0.5, 0.6) is 5.75 Å². The fourth-order valence-corrected chi connectivity index (χ4v) is 3.54. The van der Waals surface area contributed by atoms with E-state index in [1.165, 1.54) is 18.6 Å². The van der Waals surface area contributed by atoms with Gasteiger partial charge >= 0.3 is 0 Å². The number of hydrogen-bond donors (Lipinski definition) is 2. The van der Waals surface area contributed by atoms with Gasteiger partial charge in [0, 0.05) is 19.1 Å². The molecule has 6 nitrogen and oxygen atoms in total. The fraction of sp³-hybridized carbons (Fsp3) is 0.294. The lowest BCUT2D eigenvalue weighted by Gasteiger charge is -2.32. The van der Waals surface area contributed by atoms with Crippen LogP contribution < -0.4 is 5.32 Å². The number of furan rings is 1. The van der Waals surface area contributed by atoms with Gasteiger partial charge in [-0.05, 0) is 25.0 Å². The first-order chi connectivity index (χ1) is 12.4. The van der Waals surface area contributed by atoms with Gasteiger partial charge in [0.2, 0.25) is 0 Å². The predicted octanol–water partition coefficient (Wildman–Crippen LogP) is 3.98. The Balaban J connectivity index is 1.63. The maximum absolute atomic E-state index is 12.5. The summed E-state index contributed by atoms with van der Waals surface area (Å²) in [5, 5.41) is 12.8. The van der Waals surface area contributed by atoms with Crippen LogP contribution in [0, 0.1) is 0 Å². The maximum atomic E-state index is 12.5. The average molecular weight is 418 g/mol. The Kier molecular flexibility index (Phi) is 5.65. The molecule has 138 valence electrons. The lowest BCUT2D eigenvalue weighted by atomic mass is 10.0. The molecular formula is C17H15Cl3N2O4. The van der Waals surface area contributed by atoms with E-state index in [0.29, 0.717) is 31.5 Å². The summed E-state index contributed by atoms with van der Waals surface area (Å²) in [5.41, 5.74) is 0.346. The number of carbonyl (C=O) groups excluding carboxylic acids is 2. The highest BCUT2D eigenvalue weighted by molar-refractivity contribution is 6.45. The van der Waals surface area contributed by atoms with Gasteiger partial charge in [0.05, 0.1) is 26.9 Å². The molecule has 2 aromatic rings. The molecule has 0 bridgehead atoms. The average Bonchev–Trinajstić information content (AvgIpc) is 3.15. The van der Waals surface area contributed by atoms with Crippen molar-refractivity contribution >= 4 is 46.6 Å². The van der Waals surface area contributed by atoms with Crippen molar-refractivity contribution in [3.8, 4) is 5.75 Å². The molecule has 3 rings (SSSR count). The minimum Gasteiger partial charge on any atom is -0.505 e. The summed E-state index contributed by atoms with van der Waals surface area (Å²) < 4.78 is 4.93. The summed E-state index contributed by atoms with van der Waals surface area (Å²) in [5.74, 6) is -1.08. The highest BCUT2D eigenvalue weighted by Gasteiger charge is 2.27. The quantitative estimate of drug-likeness (QED) is 0.740. The number of aromatic hydroxyl groups is 1. The first kappa shape index (κ1) is 18.9. The Morgan fingerprint density at radius 3 is 2.50 bits per heavy atom. The lowest BCUT2D eigenvalue weighted by molar-refractivity contribution is 0.0697. The van der Waals surface area contributed by atoms with Crippen LogP contribution in [0.4, 0.5) is 0 Å². The fourth-order valence-electron chi connectivity index (χ4n) is 2.85. The minimum absolute atomic E-state index is 0.0509. The molecule has 0 saturated carbocycles. The van der Waals surface area contributed by atoms with Gasteiger partial charge in [-0.1, -0.05) is 34.8 Å². The minimum atomic E-state index is -0.559. The summed E-state index contributed by atoms with van der Waals surface area (Å²) >= 11 is 17.8. The third-order valence-electron chi connectivity index (χ3n) is 4.26. The van der Waals surface area contributed by atoms with Crippen LogP contribution in [-0.2, 0) is 0 Å². The summed E-state index contributed by atoms with van der Waals surface area (Å²) in [6, 6.07) is 2.73. The molecule has 0 aliphatic carbocycles. The van der Waals surface area contributed by atoms with Gasteiger partial charge in [0.1, 0.15) is 17.6 Å². The zero-order valence-corrected chi connectivity index (χ0v) is 15.7. The molecule has 1 aromatic carbocycles. The van der Waals surface area contributed by atoms with Crippen LogP contribution in [0.3, 0.4) is 0 Å². The Bertz CT molecular complexity index is 805. The number of hydrogen-bond acceptors (Lipinski definition) is 4. The van der Waals surface area contributed by atoms with Crippen molar-refractivity contribution in [1.82, 2.24) is 10.2 Å². The number of phenolic OH excluding ortho intramolecular Hbond substituents is 1. The van der Waals surface area contributed by atoms with E-state index in [1.807, 2.05) is 0 Å². The highest BCUT2D eigenvalue weighted by atomic mass is 35.5. The van der Waals surface area contributed by atoms with Gasteiger partial charge in [-0.25, -0.2) is 0 Å². The van der Waals surface area contributed by atoms with Gasteiger partial charge in [-0.15, -0.1) is 0 Å². The van der Waals surface area contributed by atoms with E-state index >= 15 is 0 Å². The number of benzene rings is 1. The van der Waals surface area contributed by atoms with Crippen LogP contribution in [0.15, 0.2) is 29.1 Å². The second-order valence-electron chi connectivity index (χ2n) is 5.93. The number of halogens is 3. The number of phenols is 1. The summed E-state index contributed by atoms with van der Waals surface area (Å²) in [4.78, 5) is 26.5. The van der Waals surface area contributed by atoms with Crippen LogP contribution in [0.2, 0.25) is 15.1 Å². The Morgan fingerprint density at radius 2 is 1.88 bits per heavy atom. The monoisotopic (exact) mass is 416 g/mol. The number of carbonyl (C=O) groups is 2. The molecule has 2 heterocycles. The van der Waals surface area contributed by atoms with Crippen LogP contribution in [-0.4, -0.2) is 41.0 Å². The van der Waals surface area contributed by atoms with Gasteiger partial charge in [-0.2, -0.15) is 0 Å². The van der Waals surface area contributed by atoms with Crippen molar-refractivity contribution in [3.63, 3.8) is 0 Å². The Morgan fingerprint density at radius 1 is 1.19 bits per heavy atom. The van der Waals surface area contributed by atoms with E-state index < -0.39 is 11.7 Å². The SMILES string of the molecule is O=C(NC1CCN(C(=O)c2ccoc2)CC1)c1c(O)c(Cl)cc(Cl)c1Cl. The largest absolute Gasteiger partial charge is 0.505 e. The molecule has 1 aliphatic rings. The van der Waals surface area contributed by atoms with Crippen molar-refractivity contribution in [1.29, 1.82) is 0 Å². The van der Waals surface area contributed by atoms with E-state index in [0.717, 1.165) is 0 Å². The second kappa shape index (κ2) is 7.78. The summed E-state index contributed by atoms with van der Waals surface area (Å²) in [7, 11) is 0. The zero-order chi connectivity index (χ0) is 18.8. The molecule has 26 heavy (non-hydrogen) atoms. The Hall–Kier alpha value is -1.89. The third-order valence-corrected chi connectivity index (χ3v) is 5.33. The smallest absolute Gasteiger partial charge is 0.257 e. The normalized spacial score (nSPS) is 15.1. The van der Waals surface area contributed by atoms with Gasteiger partial charge in [-0.3, -0.25) is 9.59 Å². The van der Waals surface area contributed by atoms with E-state index in [4.69, 9.17) is 39.2 Å². The van der Waals surface area contributed by atoms with Crippen LogP contribution in [0.1, 0.15) is 33.6 Å². The van der Waals surface area contributed by atoms with Crippen LogP contribution >= 0.6 is 34.8 Å².